The predicted octanol–water partition coefficient (Wildman–Crippen LogP) is 9.40. The molecular weight excluding hydrogens is 959 g/mol. The van der Waals surface area contributed by atoms with Crippen molar-refractivity contribution in [3.63, 3.8) is 0 Å². The zero-order valence-corrected chi connectivity index (χ0v) is 43.7. The SMILES string of the molecule is C/C(=C\c1cnc(/C=N/OCCOCCNC(=O)c2ccc3nc4c(nc3c2)CSC2=C\C=C(/C=C\C=C/C=C/C=C\2)SC4)s1)C1C[C@@H]2O[C@]2(C)CCC[C@H](C)[C@H](O)[C@@H](C)C(=O)C(C)(C)[C@@H](O)CC(=O)O1. The monoisotopic (exact) mass is 1020 g/mol. The number of hydrogen-bond acceptors (Lipinski definition) is 16. The number of thioether (sulfide) groups is 2. The van der Waals surface area contributed by atoms with E-state index < -0.39 is 35.6 Å². The Kier molecular flexibility index (Phi) is 19.0. The first kappa shape index (κ1) is 53.8. The largest absolute Gasteiger partial charge is 0.458 e. The number of epoxide rings is 1. The molecule has 0 spiro atoms. The number of allylic oxidation sites excluding steroid dienone is 10. The number of carbonyl (C=O) groups is 3. The maximum absolute atomic E-state index is 13.5. The number of ether oxygens (including phenoxy) is 3. The number of hydrogen-bond donors (Lipinski definition) is 3. The molecule has 0 saturated carbocycles. The molecule has 4 aliphatic rings. The standard InChI is InChI=1S/C54H65N5O9S3/c1-34-14-13-21-54(6)47(68-54)28-45(67-49(61)29-46(60)53(4,5)51(63)36(3)50(34)62)35(2)26-40-30-56-48(71-40)31-57-66-25-24-65-23-22-55-52(64)37-17-20-41-42(27-37)59-44-33-70-39-16-12-10-8-7-9-11-15-38(18-19-39)69-32-43(44)58-41/h7-12,15-20,26-27,30-31,34,36,45-47,50,60,62H,13-14,21-25,28-29,32-33H2,1-6H3,(H,55,64)/b8-7?,9-7-,10-8+,11-9?,12-10?,15-11-,16-12-,19-18?,35-26+,38-15?,38-18+,39-16?,39-19-,57-31+/t34-,36+,45?,46-,47-,50-,54+/m0/s1. The highest BCUT2D eigenvalue weighted by Crippen LogP contribution is 2.45. The summed E-state index contributed by atoms with van der Waals surface area (Å²) in [6, 6.07) is 5.40. The summed E-state index contributed by atoms with van der Waals surface area (Å²) in [4.78, 5) is 62.8. The summed E-state index contributed by atoms with van der Waals surface area (Å²) in [5.74, 6) is -0.654. The minimum absolute atomic E-state index is 0.123. The Morgan fingerprint density at radius 3 is 2.35 bits per heavy atom. The van der Waals surface area contributed by atoms with Gasteiger partial charge in [0, 0.05) is 56.8 Å². The average Bonchev–Trinajstić information content (AvgIpc) is 3.75. The van der Waals surface area contributed by atoms with Crippen molar-refractivity contribution in [3.05, 3.63) is 127 Å². The van der Waals surface area contributed by atoms with Crippen molar-refractivity contribution < 1.29 is 43.6 Å². The quantitative estimate of drug-likeness (QED) is 0.0540. The van der Waals surface area contributed by atoms with Crippen LogP contribution >= 0.6 is 34.9 Å². The molecule has 5 heterocycles. The number of aliphatic hydroxyl groups is 2. The van der Waals surface area contributed by atoms with Crippen LogP contribution in [0.4, 0.5) is 0 Å². The maximum atomic E-state index is 13.5. The highest BCUT2D eigenvalue weighted by atomic mass is 32.2. The van der Waals surface area contributed by atoms with Gasteiger partial charge in [-0.25, -0.2) is 15.0 Å². The lowest BCUT2D eigenvalue weighted by Gasteiger charge is -2.34. The van der Waals surface area contributed by atoms with Crippen LogP contribution in [0.3, 0.4) is 0 Å². The van der Waals surface area contributed by atoms with Crippen LogP contribution in [0.5, 0.6) is 0 Å². The molecule has 2 saturated heterocycles. The van der Waals surface area contributed by atoms with Crippen LogP contribution in [0.15, 0.2) is 106 Å². The molecule has 378 valence electrons. The maximum Gasteiger partial charge on any atom is 0.309 e. The number of thiazole rings is 1. The van der Waals surface area contributed by atoms with Crippen LogP contribution in [-0.2, 0) is 40.1 Å². The zero-order chi connectivity index (χ0) is 50.5. The molecular formula is C54H65N5O9S3. The summed E-state index contributed by atoms with van der Waals surface area (Å²) < 4.78 is 17.8. The fourth-order valence-corrected chi connectivity index (χ4v) is 11.1. The Morgan fingerprint density at radius 2 is 1.63 bits per heavy atom. The normalized spacial score (nSPS) is 29.9. The molecule has 7 atom stereocenters. The van der Waals surface area contributed by atoms with Gasteiger partial charge in [0.1, 0.15) is 29.7 Å². The highest BCUT2D eigenvalue weighted by Gasteiger charge is 2.53. The first-order chi connectivity index (χ1) is 34.1. The summed E-state index contributed by atoms with van der Waals surface area (Å²) in [7, 11) is 0. The summed E-state index contributed by atoms with van der Waals surface area (Å²) in [5.41, 5.74) is 2.84. The van der Waals surface area contributed by atoms with Gasteiger partial charge in [-0.15, -0.1) is 34.9 Å². The minimum Gasteiger partial charge on any atom is -0.458 e. The van der Waals surface area contributed by atoms with Crippen LogP contribution in [0.25, 0.3) is 17.1 Å². The number of nitrogens with zero attached hydrogens (tertiary/aromatic N) is 4. The molecule has 71 heavy (non-hydrogen) atoms. The number of carbonyl (C=O) groups excluding carboxylic acids is 3. The van der Waals surface area contributed by atoms with Gasteiger partial charge >= 0.3 is 5.97 Å². The second kappa shape index (κ2) is 25.1. The lowest BCUT2D eigenvalue weighted by molar-refractivity contribution is -0.154. The second-order valence-corrected chi connectivity index (χ2v) is 22.2. The molecule has 3 aromatic rings. The number of fused-ring (bicyclic) bond motifs is 4. The van der Waals surface area contributed by atoms with Crippen molar-refractivity contribution in [1.29, 1.82) is 0 Å². The average molecular weight is 1020 g/mol. The predicted molar refractivity (Wildman–Crippen MR) is 283 cm³/mol. The van der Waals surface area contributed by atoms with E-state index in [1.165, 1.54) is 17.6 Å². The van der Waals surface area contributed by atoms with E-state index in [-0.39, 0.29) is 55.6 Å². The molecule has 7 rings (SSSR count). The first-order valence-electron chi connectivity index (χ1n) is 24.2. The number of cyclic esters (lactones) is 1. The van der Waals surface area contributed by atoms with Gasteiger partial charge in [0.05, 0.1) is 71.4 Å². The van der Waals surface area contributed by atoms with Crippen LogP contribution in [0.1, 0.15) is 105 Å². The molecule has 1 amide bonds. The number of rotatable bonds is 11. The fraction of sp³-hybridized carbons (Fsp3) is 0.463. The van der Waals surface area contributed by atoms with Crippen molar-refractivity contribution >= 4 is 75.8 Å². The number of oxime groups is 1. The fourth-order valence-electron chi connectivity index (χ4n) is 8.54. The molecule has 0 radical (unpaired) electrons. The number of esters is 1. The van der Waals surface area contributed by atoms with Gasteiger partial charge in [0.15, 0.2) is 0 Å². The van der Waals surface area contributed by atoms with E-state index in [0.717, 1.165) is 56.4 Å². The molecule has 3 N–H and O–H groups in total. The molecule has 2 aromatic heterocycles. The van der Waals surface area contributed by atoms with Crippen molar-refractivity contribution in [2.24, 2.45) is 22.4 Å². The van der Waals surface area contributed by atoms with E-state index >= 15 is 0 Å². The van der Waals surface area contributed by atoms with Gasteiger partial charge in [-0.2, -0.15) is 0 Å². The van der Waals surface area contributed by atoms with E-state index in [0.29, 0.717) is 40.6 Å². The van der Waals surface area contributed by atoms with E-state index in [2.05, 4.69) is 46.7 Å². The number of aliphatic hydroxyl groups excluding tert-OH is 2. The van der Waals surface area contributed by atoms with Crippen molar-refractivity contribution in [2.45, 2.75) is 115 Å². The van der Waals surface area contributed by atoms with Gasteiger partial charge in [0.2, 0.25) is 0 Å². The van der Waals surface area contributed by atoms with Crippen LogP contribution in [0, 0.1) is 17.3 Å². The lowest BCUT2D eigenvalue weighted by atomic mass is 9.73. The van der Waals surface area contributed by atoms with Crippen molar-refractivity contribution in [3.8, 4) is 0 Å². The minimum atomic E-state index is -1.30. The van der Waals surface area contributed by atoms with E-state index in [9.17, 15) is 24.6 Å². The van der Waals surface area contributed by atoms with Crippen LogP contribution in [-0.4, -0.2) is 105 Å². The molecule has 1 aliphatic carbocycles. The number of ketones is 1. The Labute approximate surface area is 428 Å². The first-order valence-corrected chi connectivity index (χ1v) is 27.0. The third kappa shape index (κ3) is 15.0. The van der Waals surface area contributed by atoms with Gasteiger partial charge in [0.25, 0.3) is 5.91 Å². The number of nitrogens with one attached hydrogen (secondary N) is 1. The van der Waals surface area contributed by atoms with Crippen molar-refractivity contribution in [2.75, 3.05) is 26.4 Å². The molecule has 1 aromatic carbocycles. The summed E-state index contributed by atoms with van der Waals surface area (Å²) in [6.45, 7) is 11.8. The van der Waals surface area contributed by atoms with Gasteiger partial charge in [-0.1, -0.05) is 75.7 Å². The van der Waals surface area contributed by atoms with Gasteiger partial charge < -0.3 is 34.6 Å². The third-order valence-corrected chi connectivity index (χ3v) is 16.2. The zero-order valence-electron chi connectivity index (χ0n) is 41.2. The second-order valence-electron chi connectivity index (χ2n) is 19.0. The van der Waals surface area contributed by atoms with Gasteiger partial charge in [-0.05, 0) is 86.8 Å². The number of amides is 1. The van der Waals surface area contributed by atoms with Crippen LogP contribution in [0.2, 0.25) is 0 Å². The summed E-state index contributed by atoms with van der Waals surface area (Å²) >= 11 is 4.80. The topological polar surface area (TPSA) is 195 Å². The summed E-state index contributed by atoms with van der Waals surface area (Å²) in [6.07, 6.45) is 25.1. The number of benzene rings is 1. The Bertz CT molecular complexity index is 2650. The van der Waals surface area contributed by atoms with E-state index in [1.807, 2.05) is 62.4 Å². The number of aromatic nitrogens is 3. The highest BCUT2D eigenvalue weighted by molar-refractivity contribution is 8.03. The Hall–Kier alpha value is -5.01. The molecule has 3 aliphatic heterocycles. The molecule has 2 bridgehead atoms. The van der Waals surface area contributed by atoms with Crippen molar-refractivity contribution in [1.82, 2.24) is 20.3 Å². The molecule has 2 fully saturated rings. The third-order valence-electron chi connectivity index (χ3n) is 13.2. The number of Topliss-reactive ketones (excluding diaryl/α,β-unsaturated/α-hetero) is 1. The van der Waals surface area contributed by atoms with Crippen LogP contribution < -0.4 is 5.32 Å². The lowest BCUT2D eigenvalue weighted by Crippen LogP contribution is -2.45. The molecule has 17 heteroatoms. The smallest absolute Gasteiger partial charge is 0.309 e. The summed E-state index contributed by atoms with van der Waals surface area (Å²) in [5, 5.41) is 29.7. The van der Waals surface area contributed by atoms with E-state index in [1.54, 1.807) is 62.6 Å². The Morgan fingerprint density at radius 1 is 0.944 bits per heavy atom. The van der Waals surface area contributed by atoms with Gasteiger partial charge in [-0.3, -0.25) is 14.4 Å². The molecule has 14 nitrogen and oxygen atoms in total. The Balaban J connectivity index is 0.861. The molecule has 1 unspecified atom stereocenters. The van der Waals surface area contributed by atoms with E-state index in [4.69, 9.17) is 29.0 Å².